The molecular weight excluding hydrogens is 238 g/mol. The zero-order chi connectivity index (χ0) is 11.4. The molecule has 0 bridgehead atoms. The minimum atomic E-state index is 0.746. The molecule has 2 heterocycles. The molecular formula is C11H15N3S2. The molecule has 2 rings (SSSR count). The first-order valence-electron chi connectivity index (χ1n) is 5.47. The zero-order valence-electron chi connectivity index (χ0n) is 9.49. The summed E-state index contributed by atoms with van der Waals surface area (Å²) in [6, 6.07) is 2.10. The highest BCUT2D eigenvalue weighted by Gasteiger charge is 2.08. The Kier molecular flexibility index (Phi) is 4.01. The summed E-state index contributed by atoms with van der Waals surface area (Å²) >= 11 is 3.48. The van der Waals surface area contributed by atoms with Crippen molar-refractivity contribution in [3.8, 4) is 0 Å². The fourth-order valence-corrected chi connectivity index (χ4v) is 3.07. The first-order valence-corrected chi connectivity index (χ1v) is 7.33. The quantitative estimate of drug-likeness (QED) is 0.652. The average Bonchev–Trinajstić information content (AvgIpc) is 2.74. The first kappa shape index (κ1) is 11.7. The van der Waals surface area contributed by atoms with E-state index in [1.54, 1.807) is 11.3 Å². The molecule has 2 aromatic rings. The molecule has 0 aliphatic rings. The summed E-state index contributed by atoms with van der Waals surface area (Å²) in [4.78, 5) is 10.1. The van der Waals surface area contributed by atoms with Gasteiger partial charge in [0.05, 0.1) is 0 Å². The average molecular weight is 253 g/mol. The van der Waals surface area contributed by atoms with E-state index in [2.05, 4.69) is 40.6 Å². The number of thiophene rings is 1. The van der Waals surface area contributed by atoms with Crippen LogP contribution in [0.4, 0.5) is 5.95 Å². The first-order chi connectivity index (χ1) is 7.85. The second-order valence-electron chi connectivity index (χ2n) is 3.37. The molecule has 0 radical (unpaired) electrons. The summed E-state index contributed by atoms with van der Waals surface area (Å²) in [5, 5.41) is 7.54. The number of nitrogens with zero attached hydrogens (tertiary/aromatic N) is 2. The number of anilines is 1. The second-order valence-corrected chi connectivity index (χ2v) is 5.35. The van der Waals surface area contributed by atoms with E-state index in [4.69, 9.17) is 0 Å². The molecule has 0 atom stereocenters. The maximum absolute atomic E-state index is 4.55. The minimum absolute atomic E-state index is 0.746. The number of fused-ring (bicyclic) bond motifs is 1. The van der Waals surface area contributed by atoms with Gasteiger partial charge in [0.1, 0.15) is 9.86 Å². The maximum Gasteiger partial charge on any atom is 0.225 e. The fourth-order valence-electron chi connectivity index (χ4n) is 1.37. The Morgan fingerprint density at radius 1 is 1.38 bits per heavy atom. The topological polar surface area (TPSA) is 37.8 Å². The molecule has 0 saturated heterocycles. The molecule has 0 saturated carbocycles. The van der Waals surface area contributed by atoms with E-state index in [0.29, 0.717) is 0 Å². The summed E-state index contributed by atoms with van der Waals surface area (Å²) in [6.07, 6.45) is 1.16. The fraction of sp³-hybridized carbons (Fsp3) is 0.455. The third-order valence-electron chi connectivity index (χ3n) is 2.07. The summed E-state index contributed by atoms with van der Waals surface area (Å²) in [7, 11) is 0. The van der Waals surface area contributed by atoms with Crippen LogP contribution in [-0.2, 0) is 0 Å². The van der Waals surface area contributed by atoms with Crippen molar-refractivity contribution in [1.29, 1.82) is 0 Å². The van der Waals surface area contributed by atoms with Crippen LogP contribution in [0.15, 0.2) is 16.5 Å². The highest BCUT2D eigenvalue weighted by Crippen LogP contribution is 2.29. The van der Waals surface area contributed by atoms with Gasteiger partial charge >= 0.3 is 0 Å². The van der Waals surface area contributed by atoms with Crippen molar-refractivity contribution in [2.45, 2.75) is 25.3 Å². The van der Waals surface area contributed by atoms with Gasteiger partial charge in [-0.25, -0.2) is 9.97 Å². The van der Waals surface area contributed by atoms with Gasteiger partial charge in [0.25, 0.3) is 0 Å². The van der Waals surface area contributed by atoms with Crippen molar-refractivity contribution in [3.63, 3.8) is 0 Å². The number of hydrogen-bond acceptors (Lipinski definition) is 5. The number of rotatable bonds is 5. The Bertz CT molecular complexity index is 467. The monoisotopic (exact) mass is 253 g/mol. The second kappa shape index (κ2) is 5.50. The SMILES string of the molecule is CCCSc1nc(NCC)nc2sccc12. The van der Waals surface area contributed by atoms with Crippen molar-refractivity contribution >= 4 is 39.3 Å². The Labute approximate surface area is 104 Å². The van der Waals surface area contributed by atoms with Crippen LogP contribution in [0, 0.1) is 0 Å². The lowest BCUT2D eigenvalue weighted by Gasteiger charge is -2.05. The molecule has 5 heteroatoms. The predicted octanol–water partition coefficient (Wildman–Crippen LogP) is 3.63. The summed E-state index contributed by atoms with van der Waals surface area (Å²) < 4.78 is 0. The van der Waals surface area contributed by atoms with Crippen molar-refractivity contribution in [2.24, 2.45) is 0 Å². The standard InChI is InChI=1S/C11H15N3S2/c1-3-6-15-9-8-5-7-16-10(8)14-11(13-9)12-4-2/h5,7H,3-4,6H2,1-2H3,(H,12,13,14). The van der Waals surface area contributed by atoms with E-state index in [9.17, 15) is 0 Å². The molecule has 0 aliphatic carbocycles. The van der Waals surface area contributed by atoms with Crippen molar-refractivity contribution in [3.05, 3.63) is 11.4 Å². The van der Waals surface area contributed by atoms with E-state index in [1.165, 1.54) is 5.39 Å². The van der Waals surface area contributed by atoms with Gasteiger partial charge in [-0.1, -0.05) is 6.92 Å². The summed E-state index contributed by atoms with van der Waals surface area (Å²) in [6.45, 7) is 5.10. The largest absolute Gasteiger partial charge is 0.354 e. The number of thioether (sulfide) groups is 1. The van der Waals surface area contributed by atoms with E-state index in [0.717, 1.165) is 34.5 Å². The van der Waals surface area contributed by atoms with Gasteiger partial charge in [-0.2, -0.15) is 0 Å². The highest BCUT2D eigenvalue weighted by atomic mass is 32.2. The molecule has 0 aliphatic heterocycles. The van der Waals surface area contributed by atoms with Crippen molar-refractivity contribution < 1.29 is 0 Å². The third kappa shape index (κ3) is 2.47. The molecule has 0 spiro atoms. The lowest BCUT2D eigenvalue weighted by atomic mass is 10.4. The van der Waals surface area contributed by atoms with Crippen LogP contribution in [-0.4, -0.2) is 22.3 Å². The van der Waals surface area contributed by atoms with Crippen LogP contribution in [0.1, 0.15) is 20.3 Å². The van der Waals surface area contributed by atoms with E-state index in [-0.39, 0.29) is 0 Å². The van der Waals surface area contributed by atoms with Gasteiger partial charge in [-0.05, 0) is 30.5 Å². The number of hydrogen-bond donors (Lipinski definition) is 1. The molecule has 1 N–H and O–H groups in total. The van der Waals surface area contributed by atoms with Crippen molar-refractivity contribution in [2.75, 3.05) is 17.6 Å². The Balaban J connectivity index is 2.38. The predicted molar refractivity (Wildman–Crippen MR) is 72.6 cm³/mol. The van der Waals surface area contributed by atoms with Crippen molar-refractivity contribution in [1.82, 2.24) is 9.97 Å². The lowest BCUT2D eigenvalue weighted by Crippen LogP contribution is -2.02. The van der Waals surface area contributed by atoms with Gasteiger partial charge in [-0.15, -0.1) is 23.1 Å². The van der Waals surface area contributed by atoms with Gasteiger partial charge in [0, 0.05) is 11.9 Å². The lowest BCUT2D eigenvalue weighted by molar-refractivity contribution is 1.05. The minimum Gasteiger partial charge on any atom is -0.354 e. The molecule has 16 heavy (non-hydrogen) atoms. The van der Waals surface area contributed by atoms with E-state index >= 15 is 0 Å². The maximum atomic E-state index is 4.55. The van der Waals surface area contributed by atoms with Crippen LogP contribution < -0.4 is 5.32 Å². The summed E-state index contributed by atoms with van der Waals surface area (Å²) in [5.74, 6) is 1.85. The van der Waals surface area contributed by atoms with Crippen LogP contribution in [0.5, 0.6) is 0 Å². The van der Waals surface area contributed by atoms with Gasteiger partial charge < -0.3 is 5.32 Å². The van der Waals surface area contributed by atoms with Crippen LogP contribution in [0.25, 0.3) is 10.2 Å². The van der Waals surface area contributed by atoms with Crippen LogP contribution >= 0.6 is 23.1 Å². The smallest absolute Gasteiger partial charge is 0.225 e. The van der Waals surface area contributed by atoms with Crippen LogP contribution in [0.3, 0.4) is 0 Å². The van der Waals surface area contributed by atoms with Gasteiger partial charge in [0.15, 0.2) is 0 Å². The number of aromatic nitrogens is 2. The Hall–Kier alpha value is -0.810. The molecule has 0 amide bonds. The molecule has 0 unspecified atom stereocenters. The van der Waals surface area contributed by atoms with Gasteiger partial charge in [-0.3, -0.25) is 0 Å². The summed E-state index contributed by atoms with van der Waals surface area (Å²) in [5.41, 5.74) is 0. The molecule has 86 valence electrons. The van der Waals surface area contributed by atoms with Crippen LogP contribution in [0.2, 0.25) is 0 Å². The Morgan fingerprint density at radius 2 is 2.25 bits per heavy atom. The zero-order valence-corrected chi connectivity index (χ0v) is 11.1. The molecule has 3 nitrogen and oxygen atoms in total. The number of nitrogens with one attached hydrogen (secondary N) is 1. The molecule has 0 fully saturated rings. The van der Waals surface area contributed by atoms with E-state index < -0.39 is 0 Å². The Morgan fingerprint density at radius 3 is 3.00 bits per heavy atom. The normalized spacial score (nSPS) is 10.9. The third-order valence-corrected chi connectivity index (χ3v) is 4.07. The molecule has 2 aromatic heterocycles. The van der Waals surface area contributed by atoms with Gasteiger partial charge in [0.2, 0.25) is 5.95 Å². The highest BCUT2D eigenvalue weighted by molar-refractivity contribution is 7.99. The molecule has 0 aromatic carbocycles. The van der Waals surface area contributed by atoms with E-state index in [1.807, 2.05) is 11.8 Å².